The van der Waals surface area contributed by atoms with Gasteiger partial charge in [0.15, 0.2) is 0 Å². The Morgan fingerprint density at radius 1 is 1.15 bits per heavy atom. The molecule has 0 unspecified atom stereocenters. The molecule has 0 aliphatic heterocycles. The Morgan fingerprint density at radius 3 is 2.35 bits per heavy atom. The van der Waals surface area contributed by atoms with E-state index in [0.717, 1.165) is 7.05 Å². The zero-order chi connectivity index (χ0) is 25.4. The summed E-state index contributed by atoms with van der Waals surface area (Å²) in [6.07, 6.45) is -4.72. The molecule has 0 saturated heterocycles. The number of halogens is 5. The molecule has 1 heterocycles. The minimum Gasteiger partial charge on any atom is -0.460 e. The number of esters is 2. The average molecular weight is 509 g/mol. The molecule has 1 aliphatic rings. The zero-order valence-electron chi connectivity index (χ0n) is 17.7. The SMILES string of the molecule is COCCOC(=O)C1(OC(=O)c2cc(-n3c(=O)cc(C(F)(F)F)n(C)c3=O)c(F)cc2Cl)CC1. The number of benzene rings is 1. The molecule has 1 saturated carbocycles. The molecular formula is C20H17ClF4N2O7. The van der Waals surface area contributed by atoms with Gasteiger partial charge in [0.25, 0.3) is 5.56 Å². The second-order valence-electron chi connectivity index (χ2n) is 7.34. The maximum atomic E-state index is 14.6. The molecule has 1 aromatic heterocycles. The molecule has 1 fully saturated rings. The van der Waals surface area contributed by atoms with Crippen LogP contribution in [-0.2, 0) is 32.2 Å². The predicted octanol–water partition coefficient (Wildman–Crippen LogP) is 2.23. The van der Waals surface area contributed by atoms with Crippen LogP contribution in [0.4, 0.5) is 17.6 Å². The van der Waals surface area contributed by atoms with Crippen molar-refractivity contribution in [3.05, 3.63) is 61.1 Å². The van der Waals surface area contributed by atoms with E-state index in [2.05, 4.69) is 0 Å². The highest BCUT2D eigenvalue weighted by Gasteiger charge is 2.56. The molecule has 0 amide bonds. The minimum absolute atomic E-state index is 0.0871. The summed E-state index contributed by atoms with van der Waals surface area (Å²) in [5.41, 5.74) is -7.48. The molecular weight excluding hydrogens is 492 g/mol. The third-order valence-corrected chi connectivity index (χ3v) is 5.31. The third-order valence-electron chi connectivity index (χ3n) is 4.99. The van der Waals surface area contributed by atoms with Crippen LogP contribution in [0.15, 0.2) is 27.8 Å². The quantitative estimate of drug-likeness (QED) is 0.321. The van der Waals surface area contributed by atoms with Gasteiger partial charge in [-0.05, 0) is 12.1 Å². The van der Waals surface area contributed by atoms with E-state index in [1.54, 1.807) is 0 Å². The number of alkyl halides is 3. The normalized spacial score (nSPS) is 14.6. The van der Waals surface area contributed by atoms with Crippen LogP contribution in [0, 0.1) is 5.82 Å². The Morgan fingerprint density at radius 2 is 1.79 bits per heavy atom. The number of ether oxygens (including phenoxy) is 3. The number of hydrogen-bond acceptors (Lipinski definition) is 7. The largest absolute Gasteiger partial charge is 0.460 e. The van der Waals surface area contributed by atoms with E-state index in [-0.39, 0.29) is 41.3 Å². The van der Waals surface area contributed by atoms with E-state index in [4.69, 9.17) is 25.8 Å². The fraction of sp³-hybridized carbons (Fsp3) is 0.400. The summed E-state index contributed by atoms with van der Waals surface area (Å²) in [6, 6.07) is 1.39. The lowest BCUT2D eigenvalue weighted by Crippen LogP contribution is -2.41. The lowest BCUT2D eigenvalue weighted by molar-refractivity contribution is -0.157. The number of methoxy groups -OCH3 is 1. The number of rotatable bonds is 7. The van der Waals surface area contributed by atoms with Crippen LogP contribution in [0.3, 0.4) is 0 Å². The third kappa shape index (κ3) is 4.85. The fourth-order valence-corrected chi connectivity index (χ4v) is 3.26. The molecule has 1 aliphatic carbocycles. The molecule has 0 N–H and O–H groups in total. The number of aromatic nitrogens is 2. The van der Waals surface area contributed by atoms with Crippen molar-refractivity contribution < 1.29 is 41.4 Å². The zero-order valence-corrected chi connectivity index (χ0v) is 18.5. The maximum absolute atomic E-state index is 14.6. The van der Waals surface area contributed by atoms with E-state index in [1.807, 2.05) is 0 Å². The van der Waals surface area contributed by atoms with Gasteiger partial charge in [-0.3, -0.25) is 9.36 Å². The van der Waals surface area contributed by atoms with Gasteiger partial charge >= 0.3 is 23.8 Å². The van der Waals surface area contributed by atoms with Gasteiger partial charge in [-0.25, -0.2) is 23.3 Å². The van der Waals surface area contributed by atoms with Crippen molar-refractivity contribution >= 4 is 23.5 Å². The first-order valence-electron chi connectivity index (χ1n) is 9.61. The second kappa shape index (κ2) is 9.22. The molecule has 184 valence electrons. The van der Waals surface area contributed by atoms with Gasteiger partial charge in [0.1, 0.15) is 18.1 Å². The molecule has 0 atom stereocenters. The molecule has 3 rings (SSSR count). The van der Waals surface area contributed by atoms with Crippen LogP contribution >= 0.6 is 11.6 Å². The van der Waals surface area contributed by atoms with Crippen LogP contribution < -0.4 is 11.2 Å². The van der Waals surface area contributed by atoms with Gasteiger partial charge in [0.2, 0.25) is 5.60 Å². The van der Waals surface area contributed by atoms with E-state index >= 15 is 0 Å². The number of hydrogen-bond donors (Lipinski definition) is 0. The van der Waals surface area contributed by atoms with Gasteiger partial charge in [0, 0.05) is 33.1 Å². The molecule has 9 nitrogen and oxygen atoms in total. The fourth-order valence-electron chi connectivity index (χ4n) is 3.03. The molecule has 0 radical (unpaired) electrons. The van der Waals surface area contributed by atoms with E-state index in [9.17, 15) is 36.7 Å². The van der Waals surface area contributed by atoms with Gasteiger partial charge in [0.05, 0.1) is 22.9 Å². The highest BCUT2D eigenvalue weighted by molar-refractivity contribution is 6.33. The Kier molecular flexibility index (Phi) is 6.90. The first-order chi connectivity index (χ1) is 15.8. The summed E-state index contributed by atoms with van der Waals surface area (Å²) in [4.78, 5) is 49.7. The lowest BCUT2D eigenvalue weighted by atomic mass is 10.1. The molecule has 1 aromatic carbocycles. The number of carbonyl (C=O) groups excluding carboxylic acids is 2. The van der Waals surface area contributed by atoms with Crippen molar-refractivity contribution in [1.82, 2.24) is 9.13 Å². The van der Waals surface area contributed by atoms with Crippen molar-refractivity contribution in [1.29, 1.82) is 0 Å². The molecule has 14 heteroatoms. The topological polar surface area (TPSA) is 106 Å². The minimum atomic E-state index is -5.02. The van der Waals surface area contributed by atoms with Crippen molar-refractivity contribution in [2.24, 2.45) is 7.05 Å². The summed E-state index contributed by atoms with van der Waals surface area (Å²) in [5.74, 6) is -3.28. The Labute approximate surface area is 193 Å². The molecule has 34 heavy (non-hydrogen) atoms. The monoisotopic (exact) mass is 508 g/mol. The Balaban J connectivity index is 1.99. The van der Waals surface area contributed by atoms with Gasteiger partial charge in [-0.2, -0.15) is 13.2 Å². The molecule has 0 spiro atoms. The summed E-state index contributed by atoms with van der Waals surface area (Å²) in [6.45, 7) is 0.0238. The van der Waals surface area contributed by atoms with Crippen LogP contribution in [0.25, 0.3) is 5.69 Å². The van der Waals surface area contributed by atoms with Crippen LogP contribution in [-0.4, -0.2) is 47.0 Å². The smallest absolute Gasteiger partial charge is 0.431 e. The number of nitrogens with zero attached hydrogens (tertiary/aromatic N) is 2. The second-order valence-corrected chi connectivity index (χ2v) is 7.75. The molecule has 2 aromatic rings. The van der Waals surface area contributed by atoms with Crippen molar-refractivity contribution in [2.75, 3.05) is 20.3 Å². The van der Waals surface area contributed by atoms with Gasteiger partial charge < -0.3 is 14.2 Å². The highest BCUT2D eigenvalue weighted by atomic mass is 35.5. The van der Waals surface area contributed by atoms with Crippen molar-refractivity contribution in [3.8, 4) is 5.69 Å². The van der Waals surface area contributed by atoms with E-state index in [0.29, 0.717) is 12.1 Å². The van der Waals surface area contributed by atoms with Crippen LogP contribution in [0.5, 0.6) is 0 Å². The first kappa shape index (κ1) is 25.4. The highest BCUT2D eigenvalue weighted by Crippen LogP contribution is 2.42. The lowest BCUT2D eigenvalue weighted by Gasteiger charge is -2.17. The van der Waals surface area contributed by atoms with E-state index in [1.165, 1.54) is 7.11 Å². The van der Waals surface area contributed by atoms with Crippen molar-refractivity contribution in [2.45, 2.75) is 24.6 Å². The first-order valence-corrected chi connectivity index (χ1v) is 9.99. The van der Waals surface area contributed by atoms with Crippen LogP contribution in [0.1, 0.15) is 28.9 Å². The Bertz CT molecular complexity index is 1270. The van der Waals surface area contributed by atoms with Gasteiger partial charge in [-0.15, -0.1) is 0 Å². The summed E-state index contributed by atoms with van der Waals surface area (Å²) < 4.78 is 69.0. The predicted molar refractivity (Wildman–Crippen MR) is 107 cm³/mol. The number of carbonyl (C=O) groups is 2. The van der Waals surface area contributed by atoms with Crippen molar-refractivity contribution in [3.63, 3.8) is 0 Å². The maximum Gasteiger partial charge on any atom is 0.431 e. The van der Waals surface area contributed by atoms with Crippen LogP contribution in [0.2, 0.25) is 5.02 Å². The summed E-state index contributed by atoms with van der Waals surface area (Å²) in [7, 11) is 2.14. The summed E-state index contributed by atoms with van der Waals surface area (Å²) >= 11 is 5.92. The van der Waals surface area contributed by atoms with Gasteiger partial charge in [-0.1, -0.05) is 11.6 Å². The molecule has 0 bridgehead atoms. The average Bonchev–Trinajstić information content (AvgIpc) is 3.52. The standard InChI is InChI=1S/C20H17ClF4N2O7/c1-26-14(20(23,24)25)9-15(28)27(18(26)31)13-7-10(11(21)8-12(13)22)16(29)34-19(3-4-19)17(30)33-6-5-32-2/h7-9H,3-6H2,1-2H3. The summed E-state index contributed by atoms with van der Waals surface area (Å²) in [5, 5.41) is -0.480. The Hall–Kier alpha value is -3.19. The van der Waals surface area contributed by atoms with E-state index < -0.39 is 62.7 Å².